The van der Waals surface area contributed by atoms with Crippen molar-refractivity contribution in [3.05, 3.63) is 54.1 Å². The molecule has 2 rings (SSSR count). The molecule has 20 heavy (non-hydrogen) atoms. The third-order valence-electron chi connectivity index (χ3n) is 2.77. The highest BCUT2D eigenvalue weighted by atomic mass is 32.2. The first-order valence-corrected chi connectivity index (χ1v) is 7.40. The van der Waals surface area contributed by atoms with Gasteiger partial charge >= 0.3 is 0 Å². The molecule has 104 valence electrons. The molecule has 1 N–H and O–H groups in total. The smallest absolute Gasteiger partial charge is 0.255 e. The van der Waals surface area contributed by atoms with Crippen LogP contribution in [0.25, 0.3) is 0 Å². The number of thioether (sulfide) groups is 1. The first-order valence-electron chi connectivity index (χ1n) is 6.42. The average Bonchev–Trinajstić information content (AvgIpc) is 2.50. The standard InChI is InChI=1S/C16H17NO2S/c1-3-20-15-11-13(19-2)9-10-14(15)17-16(18)12-7-5-4-6-8-12/h4-11H,3H2,1-2H3,(H,17,18). The van der Waals surface area contributed by atoms with Crippen molar-refractivity contribution in [3.8, 4) is 5.75 Å². The lowest BCUT2D eigenvalue weighted by molar-refractivity contribution is 0.102. The van der Waals surface area contributed by atoms with Crippen LogP contribution in [0.15, 0.2) is 53.4 Å². The van der Waals surface area contributed by atoms with Crippen LogP contribution in [0, 0.1) is 0 Å². The van der Waals surface area contributed by atoms with Crippen LogP contribution in [0.2, 0.25) is 0 Å². The second kappa shape index (κ2) is 7.01. The Labute approximate surface area is 123 Å². The monoisotopic (exact) mass is 287 g/mol. The minimum atomic E-state index is -0.103. The van der Waals surface area contributed by atoms with E-state index in [0.29, 0.717) is 5.56 Å². The van der Waals surface area contributed by atoms with E-state index in [1.165, 1.54) is 0 Å². The van der Waals surface area contributed by atoms with Crippen LogP contribution in [0.1, 0.15) is 17.3 Å². The minimum Gasteiger partial charge on any atom is -0.497 e. The lowest BCUT2D eigenvalue weighted by atomic mass is 10.2. The number of carbonyl (C=O) groups excluding carboxylic acids is 1. The van der Waals surface area contributed by atoms with Gasteiger partial charge in [-0.1, -0.05) is 25.1 Å². The summed E-state index contributed by atoms with van der Waals surface area (Å²) in [5.74, 6) is 1.62. The predicted molar refractivity (Wildman–Crippen MR) is 83.8 cm³/mol. The Morgan fingerprint density at radius 2 is 1.95 bits per heavy atom. The number of ether oxygens (including phenoxy) is 1. The van der Waals surface area contributed by atoms with E-state index >= 15 is 0 Å². The highest BCUT2D eigenvalue weighted by molar-refractivity contribution is 7.99. The molecule has 4 heteroatoms. The van der Waals surface area contributed by atoms with Crippen molar-refractivity contribution < 1.29 is 9.53 Å². The van der Waals surface area contributed by atoms with Crippen LogP contribution in [0.5, 0.6) is 5.75 Å². The first-order chi connectivity index (χ1) is 9.74. The fourth-order valence-corrected chi connectivity index (χ4v) is 2.58. The van der Waals surface area contributed by atoms with Crippen LogP contribution in [-0.4, -0.2) is 18.8 Å². The van der Waals surface area contributed by atoms with E-state index in [1.807, 2.05) is 36.4 Å². The number of benzene rings is 2. The Morgan fingerprint density at radius 3 is 2.60 bits per heavy atom. The summed E-state index contributed by atoms with van der Waals surface area (Å²) in [6, 6.07) is 14.8. The maximum absolute atomic E-state index is 12.2. The van der Waals surface area contributed by atoms with Crippen molar-refractivity contribution in [3.63, 3.8) is 0 Å². The highest BCUT2D eigenvalue weighted by Gasteiger charge is 2.10. The summed E-state index contributed by atoms with van der Waals surface area (Å²) in [5, 5.41) is 2.95. The second-order valence-corrected chi connectivity index (χ2v) is 5.42. The third-order valence-corrected chi connectivity index (χ3v) is 3.71. The van der Waals surface area contributed by atoms with Crippen LogP contribution < -0.4 is 10.1 Å². The maximum Gasteiger partial charge on any atom is 0.255 e. The fraction of sp³-hybridized carbons (Fsp3) is 0.188. The molecule has 0 aliphatic heterocycles. The number of hydrogen-bond acceptors (Lipinski definition) is 3. The van der Waals surface area contributed by atoms with E-state index in [4.69, 9.17) is 4.74 Å². The molecule has 0 fully saturated rings. The number of carbonyl (C=O) groups is 1. The lowest BCUT2D eigenvalue weighted by Crippen LogP contribution is -2.12. The molecule has 2 aromatic rings. The van der Waals surface area contributed by atoms with Gasteiger partial charge in [-0.2, -0.15) is 0 Å². The van der Waals surface area contributed by atoms with E-state index in [-0.39, 0.29) is 5.91 Å². The Kier molecular flexibility index (Phi) is 5.07. The lowest BCUT2D eigenvalue weighted by Gasteiger charge is -2.12. The summed E-state index contributed by atoms with van der Waals surface area (Å²) in [7, 11) is 1.64. The van der Waals surface area contributed by atoms with Gasteiger partial charge in [0.15, 0.2) is 0 Å². The molecule has 0 atom stereocenters. The van der Waals surface area contributed by atoms with Crippen molar-refractivity contribution in [1.29, 1.82) is 0 Å². The van der Waals surface area contributed by atoms with Gasteiger partial charge in [-0.25, -0.2) is 0 Å². The highest BCUT2D eigenvalue weighted by Crippen LogP contribution is 2.31. The molecular weight excluding hydrogens is 270 g/mol. The van der Waals surface area contributed by atoms with Crippen molar-refractivity contribution >= 4 is 23.4 Å². The normalized spacial score (nSPS) is 10.1. The molecule has 0 saturated carbocycles. The summed E-state index contributed by atoms with van der Waals surface area (Å²) in [6.07, 6.45) is 0. The number of anilines is 1. The summed E-state index contributed by atoms with van der Waals surface area (Å²) in [5.41, 5.74) is 1.46. The van der Waals surface area contributed by atoms with E-state index in [2.05, 4.69) is 12.2 Å². The van der Waals surface area contributed by atoms with Gasteiger partial charge < -0.3 is 10.1 Å². The van der Waals surface area contributed by atoms with E-state index in [0.717, 1.165) is 22.1 Å². The fourth-order valence-electron chi connectivity index (χ4n) is 1.79. The molecule has 0 radical (unpaired) electrons. The number of rotatable bonds is 5. The Morgan fingerprint density at radius 1 is 1.20 bits per heavy atom. The zero-order valence-electron chi connectivity index (χ0n) is 11.6. The molecule has 0 heterocycles. The number of hydrogen-bond donors (Lipinski definition) is 1. The van der Waals surface area contributed by atoms with Crippen LogP contribution in [0.3, 0.4) is 0 Å². The van der Waals surface area contributed by atoms with Gasteiger partial charge in [0.1, 0.15) is 5.75 Å². The Balaban J connectivity index is 2.22. The van der Waals surface area contributed by atoms with Gasteiger partial charge in [-0.3, -0.25) is 4.79 Å². The first kappa shape index (κ1) is 14.5. The topological polar surface area (TPSA) is 38.3 Å². The SMILES string of the molecule is CCSc1cc(OC)ccc1NC(=O)c1ccccc1. The predicted octanol–water partition coefficient (Wildman–Crippen LogP) is 4.06. The van der Waals surface area contributed by atoms with Gasteiger partial charge in [0.25, 0.3) is 5.91 Å². The minimum absolute atomic E-state index is 0.103. The number of amides is 1. The maximum atomic E-state index is 12.2. The zero-order valence-corrected chi connectivity index (χ0v) is 12.4. The molecule has 0 aliphatic carbocycles. The largest absolute Gasteiger partial charge is 0.497 e. The van der Waals surface area contributed by atoms with Crippen LogP contribution >= 0.6 is 11.8 Å². The van der Waals surface area contributed by atoms with Crippen molar-refractivity contribution in [2.45, 2.75) is 11.8 Å². The van der Waals surface area contributed by atoms with Gasteiger partial charge in [0, 0.05) is 10.5 Å². The van der Waals surface area contributed by atoms with Crippen molar-refractivity contribution in [1.82, 2.24) is 0 Å². The second-order valence-electron chi connectivity index (χ2n) is 4.12. The Bertz CT molecular complexity index is 584. The van der Waals surface area contributed by atoms with Crippen LogP contribution in [-0.2, 0) is 0 Å². The van der Waals surface area contributed by atoms with Crippen LogP contribution in [0.4, 0.5) is 5.69 Å². The number of methoxy groups -OCH3 is 1. The molecular formula is C16H17NO2S. The average molecular weight is 287 g/mol. The van der Waals surface area contributed by atoms with Gasteiger partial charge in [-0.05, 0) is 36.1 Å². The summed E-state index contributed by atoms with van der Waals surface area (Å²) in [6.45, 7) is 2.08. The summed E-state index contributed by atoms with van der Waals surface area (Å²) in [4.78, 5) is 13.2. The molecule has 0 aliphatic rings. The van der Waals surface area contributed by atoms with Crippen molar-refractivity contribution in [2.24, 2.45) is 0 Å². The van der Waals surface area contributed by atoms with E-state index in [9.17, 15) is 4.79 Å². The quantitative estimate of drug-likeness (QED) is 0.843. The molecule has 0 spiro atoms. The van der Waals surface area contributed by atoms with E-state index < -0.39 is 0 Å². The van der Waals surface area contributed by atoms with Gasteiger partial charge in [0.2, 0.25) is 0 Å². The molecule has 1 amide bonds. The van der Waals surface area contributed by atoms with E-state index in [1.54, 1.807) is 31.0 Å². The molecule has 0 saturated heterocycles. The molecule has 0 aromatic heterocycles. The molecule has 0 unspecified atom stereocenters. The zero-order chi connectivity index (χ0) is 14.4. The van der Waals surface area contributed by atoms with Crippen molar-refractivity contribution in [2.75, 3.05) is 18.2 Å². The third kappa shape index (κ3) is 3.54. The molecule has 2 aromatic carbocycles. The number of nitrogens with one attached hydrogen (secondary N) is 1. The summed E-state index contributed by atoms with van der Waals surface area (Å²) >= 11 is 1.67. The van der Waals surface area contributed by atoms with Gasteiger partial charge in [0.05, 0.1) is 12.8 Å². The Hall–Kier alpha value is -1.94. The molecule has 3 nitrogen and oxygen atoms in total. The summed E-state index contributed by atoms with van der Waals surface area (Å²) < 4.78 is 5.22. The molecule has 0 bridgehead atoms. The van der Waals surface area contributed by atoms with Gasteiger partial charge in [-0.15, -0.1) is 11.8 Å².